The maximum Gasteiger partial charge on any atom is 0.363 e. The number of halogens is 1. The summed E-state index contributed by atoms with van der Waals surface area (Å²) in [6.07, 6.45) is 1.69. The van der Waals surface area contributed by atoms with E-state index in [1.165, 1.54) is 0 Å². The van der Waals surface area contributed by atoms with Crippen molar-refractivity contribution >= 4 is 29.5 Å². The van der Waals surface area contributed by atoms with Crippen molar-refractivity contribution in [2.75, 3.05) is 0 Å². The van der Waals surface area contributed by atoms with Crippen LogP contribution in [0.5, 0.6) is 5.75 Å². The van der Waals surface area contributed by atoms with E-state index in [-0.39, 0.29) is 17.7 Å². The Kier molecular flexibility index (Phi) is 4.67. The van der Waals surface area contributed by atoms with Gasteiger partial charge in [0.25, 0.3) is 0 Å². The monoisotopic (exact) mass is 341 g/mol. The van der Waals surface area contributed by atoms with Crippen molar-refractivity contribution < 1.29 is 14.3 Å². The fourth-order valence-corrected chi connectivity index (χ4v) is 2.48. The smallest absolute Gasteiger partial charge is 0.363 e. The molecule has 0 aliphatic carbocycles. The number of rotatable bonds is 4. The maximum atomic E-state index is 12.1. The van der Waals surface area contributed by atoms with E-state index in [0.717, 1.165) is 5.56 Å². The van der Waals surface area contributed by atoms with Gasteiger partial charge in [0.2, 0.25) is 5.90 Å². The van der Waals surface area contributed by atoms with Crippen LogP contribution in [0.25, 0.3) is 6.08 Å². The minimum absolute atomic E-state index is 0.0299. The van der Waals surface area contributed by atoms with E-state index in [9.17, 15) is 4.79 Å². The first-order valence-electron chi connectivity index (χ1n) is 7.58. The van der Waals surface area contributed by atoms with Crippen LogP contribution in [0, 0.1) is 0 Å². The molecule has 2 aromatic carbocycles. The summed E-state index contributed by atoms with van der Waals surface area (Å²) in [5, 5.41) is 0.480. The topological polar surface area (TPSA) is 47.9 Å². The van der Waals surface area contributed by atoms with E-state index in [0.29, 0.717) is 16.3 Å². The second kappa shape index (κ2) is 6.89. The Bertz CT molecular complexity index is 840. The Hall–Kier alpha value is -2.59. The van der Waals surface area contributed by atoms with E-state index in [1.807, 2.05) is 44.2 Å². The second-order valence-electron chi connectivity index (χ2n) is 5.52. The van der Waals surface area contributed by atoms with Crippen LogP contribution in [0.1, 0.15) is 25.0 Å². The minimum atomic E-state index is -0.510. The normalized spacial score (nSPS) is 15.6. The highest BCUT2D eigenvalue weighted by Crippen LogP contribution is 2.27. The predicted molar refractivity (Wildman–Crippen MR) is 94.3 cm³/mol. The van der Waals surface area contributed by atoms with Crippen LogP contribution < -0.4 is 4.74 Å². The number of nitrogens with zero attached hydrogens (tertiary/aromatic N) is 1. The highest BCUT2D eigenvalue weighted by Gasteiger charge is 2.25. The average Bonchev–Trinajstić information content (AvgIpc) is 2.90. The summed E-state index contributed by atoms with van der Waals surface area (Å²) in [7, 11) is 0. The van der Waals surface area contributed by atoms with Crippen molar-refractivity contribution in [2.45, 2.75) is 20.0 Å². The van der Waals surface area contributed by atoms with E-state index in [1.54, 1.807) is 24.3 Å². The van der Waals surface area contributed by atoms with Crippen molar-refractivity contribution in [3.8, 4) is 5.75 Å². The van der Waals surface area contributed by atoms with Gasteiger partial charge in [-0.1, -0.05) is 41.9 Å². The molecule has 0 bridgehead atoms. The first-order valence-corrected chi connectivity index (χ1v) is 7.95. The number of benzene rings is 2. The summed E-state index contributed by atoms with van der Waals surface area (Å²) in [5.41, 5.74) is 1.56. The summed E-state index contributed by atoms with van der Waals surface area (Å²) in [5.74, 6) is 0.387. The lowest BCUT2D eigenvalue weighted by molar-refractivity contribution is -0.129. The SMILES string of the molecule is CC(C)Oc1ccccc1/C=C1\N=C(c2ccccc2Cl)OC1=O. The van der Waals surface area contributed by atoms with Crippen molar-refractivity contribution in [3.63, 3.8) is 0 Å². The molecule has 122 valence electrons. The molecule has 0 amide bonds. The van der Waals surface area contributed by atoms with Gasteiger partial charge in [-0.15, -0.1) is 0 Å². The quantitative estimate of drug-likeness (QED) is 0.609. The highest BCUT2D eigenvalue weighted by molar-refractivity contribution is 6.34. The average molecular weight is 342 g/mol. The number of hydrogen-bond acceptors (Lipinski definition) is 4. The molecule has 4 nitrogen and oxygen atoms in total. The molecule has 1 aliphatic heterocycles. The first kappa shape index (κ1) is 16.3. The maximum absolute atomic E-state index is 12.1. The highest BCUT2D eigenvalue weighted by atomic mass is 35.5. The zero-order valence-electron chi connectivity index (χ0n) is 13.3. The number of ether oxygens (including phenoxy) is 2. The number of esters is 1. The predicted octanol–water partition coefficient (Wildman–Crippen LogP) is 4.47. The van der Waals surface area contributed by atoms with Gasteiger partial charge in [0, 0.05) is 5.56 Å². The number of cyclic esters (lactones) is 1. The Labute approximate surface area is 145 Å². The lowest BCUT2D eigenvalue weighted by atomic mass is 10.1. The molecular formula is C19H16ClNO3. The minimum Gasteiger partial charge on any atom is -0.490 e. The van der Waals surface area contributed by atoms with Gasteiger partial charge >= 0.3 is 5.97 Å². The van der Waals surface area contributed by atoms with Crippen molar-refractivity contribution in [2.24, 2.45) is 4.99 Å². The summed E-state index contributed by atoms with van der Waals surface area (Å²) >= 11 is 6.13. The summed E-state index contributed by atoms with van der Waals surface area (Å²) in [6, 6.07) is 14.6. The molecule has 0 fully saturated rings. The number of carbonyl (C=O) groups excluding carboxylic acids is 1. The molecule has 0 N–H and O–H groups in total. The molecule has 0 radical (unpaired) electrons. The summed E-state index contributed by atoms with van der Waals surface area (Å²) in [6.45, 7) is 3.89. The van der Waals surface area contributed by atoms with E-state index in [4.69, 9.17) is 21.1 Å². The zero-order valence-corrected chi connectivity index (χ0v) is 14.1. The Balaban J connectivity index is 1.97. The number of hydrogen-bond donors (Lipinski definition) is 0. The van der Waals surface area contributed by atoms with E-state index in [2.05, 4.69) is 4.99 Å². The molecule has 0 saturated carbocycles. The lowest BCUT2D eigenvalue weighted by Gasteiger charge is -2.12. The fraction of sp³-hybridized carbons (Fsp3) is 0.158. The van der Waals surface area contributed by atoms with Crippen LogP contribution in [0.4, 0.5) is 0 Å². The van der Waals surface area contributed by atoms with E-state index < -0.39 is 5.97 Å². The molecular weight excluding hydrogens is 326 g/mol. The molecule has 5 heteroatoms. The van der Waals surface area contributed by atoms with Crippen molar-refractivity contribution in [1.82, 2.24) is 0 Å². The molecule has 1 heterocycles. The third-order valence-electron chi connectivity index (χ3n) is 3.30. The molecule has 0 saturated heterocycles. The molecule has 2 aromatic rings. The third kappa shape index (κ3) is 3.49. The third-order valence-corrected chi connectivity index (χ3v) is 3.63. The standard InChI is InChI=1S/C19H16ClNO3/c1-12(2)23-17-10-6-3-7-13(17)11-16-19(22)24-18(21-16)14-8-4-5-9-15(14)20/h3-12H,1-2H3/b16-11-. The molecule has 3 rings (SSSR count). The number of aliphatic imine (C=N–C) groups is 1. The first-order chi connectivity index (χ1) is 11.5. The van der Waals surface area contributed by atoms with Gasteiger partial charge < -0.3 is 9.47 Å². The van der Waals surface area contributed by atoms with Gasteiger partial charge in [-0.25, -0.2) is 9.79 Å². The van der Waals surface area contributed by atoms with Crippen LogP contribution in [0.3, 0.4) is 0 Å². The van der Waals surface area contributed by atoms with Gasteiger partial charge in [0.1, 0.15) is 5.75 Å². The van der Waals surface area contributed by atoms with Gasteiger partial charge in [0.15, 0.2) is 5.70 Å². The van der Waals surface area contributed by atoms with Crippen LogP contribution in [-0.4, -0.2) is 18.0 Å². The van der Waals surface area contributed by atoms with Crippen LogP contribution >= 0.6 is 11.6 Å². The Morgan fingerprint density at radius 3 is 2.58 bits per heavy atom. The van der Waals surface area contributed by atoms with Crippen molar-refractivity contribution in [3.05, 3.63) is 70.4 Å². The van der Waals surface area contributed by atoms with Gasteiger partial charge in [0.05, 0.1) is 16.7 Å². The second-order valence-corrected chi connectivity index (χ2v) is 5.93. The fourth-order valence-electron chi connectivity index (χ4n) is 2.27. The molecule has 0 unspecified atom stereocenters. The van der Waals surface area contributed by atoms with Gasteiger partial charge in [-0.2, -0.15) is 0 Å². The van der Waals surface area contributed by atoms with Gasteiger partial charge in [-0.3, -0.25) is 0 Å². The number of carbonyl (C=O) groups is 1. The zero-order chi connectivity index (χ0) is 17.1. The summed E-state index contributed by atoms with van der Waals surface area (Å²) in [4.78, 5) is 16.4. The molecule has 0 aromatic heterocycles. The van der Waals surface area contributed by atoms with Gasteiger partial charge in [-0.05, 0) is 38.1 Å². The van der Waals surface area contributed by atoms with Crippen molar-refractivity contribution in [1.29, 1.82) is 0 Å². The number of para-hydroxylation sites is 1. The lowest BCUT2D eigenvalue weighted by Crippen LogP contribution is -2.07. The van der Waals surface area contributed by atoms with E-state index >= 15 is 0 Å². The largest absolute Gasteiger partial charge is 0.490 e. The van der Waals surface area contributed by atoms with Crippen LogP contribution in [0.2, 0.25) is 5.02 Å². The Morgan fingerprint density at radius 1 is 1.12 bits per heavy atom. The molecule has 0 spiro atoms. The van der Waals surface area contributed by atoms with Crippen LogP contribution in [-0.2, 0) is 9.53 Å². The van der Waals surface area contributed by atoms with Crippen LogP contribution in [0.15, 0.2) is 59.2 Å². The molecule has 1 aliphatic rings. The molecule has 24 heavy (non-hydrogen) atoms. The Morgan fingerprint density at radius 2 is 1.83 bits per heavy atom. The summed E-state index contributed by atoms with van der Waals surface area (Å²) < 4.78 is 11.0. The molecule has 0 atom stereocenters.